The van der Waals surface area contributed by atoms with Gasteiger partial charge in [0.15, 0.2) is 12.2 Å². The van der Waals surface area contributed by atoms with Crippen molar-refractivity contribution in [3.63, 3.8) is 0 Å². The van der Waals surface area contributed by atoms with Gasteiger partial charge in [-0.1, -0.05) is 38.1 Å². The molecular formula is C32H35NO7. The van der Waals surface area contributed by atoms with E-state index in [0.29, 0.717) is 51.7 Å². The number of esters is 2. The molecule has 8 heteroatoms. The molecule has 210 valence electrons. The summed E-state index contributed by atoms with van der Waals surface area (Å²) in [4.78, 5) is 39.8. The molecule has 0 N–H and O–H groups in total. The lowest BCUT2D eigenvalue weighted by Crippen LogP contribution is -2.52. The van der Waals surface area contributed by atoms with Crippen LogP contribution in [-0.4, -0.2) is 35.3 Å². The number of aryl methyl sites for hydroxylation is 1. The predicted molar refractivity (Wildman–Crippen MR) is 154 cm³/mol. The van der Waals surface area contributed by atoms with Crippen LogP contribution in [-0.2, 0) is 26.1 Å². The first-order valence-electron chi connectivity index (χ1n) is 13.7. The van der Waals surface area contributed by atoms with Crippen LogP contribution in [0.5, 0.6) is 11.5 Å². The summed E-state index contributed by atoms with van der Waals surface area (Å²) < 4.78 is 26.1. The number of hydrogen-bond donors (Lipinski definition) is 0. The number of carbonyl (C=O) groups excluding carboxylic acids is 2. The molecule has 0 aliphatic carbocycles. The lowest BCUT2D eigenvalue weighted by atomic mass is 9.86. The molecule has 8 nitrogen and oxygen atoms in total. The molecule has 4 aromatic rings. The summed E-state index contributed by atoms with van der Waals surface area (Å²) in [6.07, 6.45) is -0.329. The Bertz CT molecular complexity index is 1700. The molecular weight excluding hydrogens is 510 g/mol. The van der Waals surface area contributed by atoms with Crippen LogP contribution in [0.25, 0.3) is 32.6 Å². The number of ether oxygens (including phenoxy) is 4. The molecule has 3 aromatic carbocycles. The monoisotopic (exact) mass is 545 g/mol. The summed E-state index contributed by atoms with van der Waals surface area (Å²) in [7, 11) is 3.37. The summed E-state index contributed by atoms with van der Waals surface area (Å²) in [5.41, 5.74) is 0.427. The fraction of sp³-hybridized carbons (Fsp3) is 0.406. The Morgan fingerprint density at radius 1 is 0.975 bits per heavy atom. The number of pyridine rings is 1. The molecule has 5 rings (SSSR count). The van der Waals surface area contributed by atoms with Crippen molar-refractivity contribution in [3.05, 3.63) is 58.3 Å². The highest BCUT2D eigenvalue weighted by molar-refractivity contribution is 6.04. The molecule has 1 aliphatic heterocycles. The number of carbonyl (C=O) groups is 2. The smallest absolute Gasteiger partial charge is 0.306 e. The lowest BCUT2D eigenvalue weighted by molar-refractivity contribution is -0.190. The Balaban J connectivity index is 1.88. The quantitative estimate of drug-likeness (QED) is 0.204. The Morgan fingerprint density at radius 2 is 1.60 bits per heavy atom. The van der Waals surface area contributed by atoms with Crippen molar-refractivity contribution < 1.29 is 28.5 Å². The highest BCUT2D eigenvalue weighted by Crippen LogP contribution is 2.49. The summed E-state index contributed by atoms with van der Waals surface area (Å²) in [6, 6.07) is 13.4. The topological polar surface area (TPSA) is 93.1 Å². The van der Waals surface area contributed by atoms with E-state index in [1.165, 1.54) is 7.11 Å². The van der Waals surface area contributed by atoms with Crippen LogP contribution in [0, 0.1) is 0 Å². The molecule has 40 heavy (non-hydrogen) atoms. The van der Waals surface area contributed by atoms with Crippen LogP contribution in [0.2, 0.25) is 0 Å². The van der Waals surface area contributed by atoms with Crippen molar-refractivity contribution in [3.8, 4) is 11.5 Å². The summed E-state index contributed by atoms with van der Waals surface area (Å²) in [6.45, 7) is 7.37. The molecule has 0 saturated carbocycles. The van der Waals surface area contributed by atoms with E-state index in [2.05, 4.69) is 0 Å². The number of nitrogens with zero attached hydrogens (tertiary/aromatic N) is 1. The van der Waals surface area contributed by atoms with E-state index >= 15 is 0 Å². The summed E-state index contributed by atoms with van der Waals surface area (Å²) in [5.74, 6) is -0.0805. The fourth-order valence-corrected chi connectivity index (χ4v) is 5.66. The second kappa shape index (κ2) is 10.5. The Morgan fingerprint density at radius 3 is 2.23 bits per heavy atom. The normalized spacial score (nSPS) is 17.9. The van der Waals surface area contributed by atoms with E-state index in [9.17, 15) is 14.4 Å². The molecule has 0 radical (unpaired) electrons. The van der Waals surface area contributed by atoms with Crippen LogP contribution >= 0.6 is 0 Å². The van der Waals surface area contributed by atoms with Crippen molar-refractivity contribution in [1.29, 1.82) is 0 Å². The molecule has 1 aliphatic rings. The van der Waals surface area contributed by atoms with Gasteiger partial charge in [0.05, 0.1) is 29.1 Å². The average molecular weight is 546 g/mol. The van der Waals surface area contributed by atoms with Gasteiger partial charge in [-0.05, 0) is 49.6 Å². The number of rotatable bonds is 7. The van der Waals surface area contributed by atoms with Crippen molar-refractivity contribution >= 4 is 44.5 Å². The molecule has 0 bridgehead atoms. The number of hydrogen-bond acceptors (Lipinski definition) is 7. The molecule has 1 aromatic heterocycles. The molecule has 0 unspecified atom stereocenters. The number of benzene rings is 3. The molecule has 2 atom stereocenters. The van der Waals surface area contributed by atoms with E-state index in [1.54, 1.807) is 19.9 Å². The third-order valence-electron chi connectivity index (χ3n) is 7.56. The van der Waals surface area contributed by atoms with Crippen LogP contribution < -0.4 is 14.9 Å². The van der Waals surface area contributed by atoms with Gasteiger partial charge >= 0.3 is 11.9 Å². The van der Waals surface area contributed by atoms with Crippen molar-refractivity contribution in [2.24, 2.45) is 7.05 Å². The maximum absolute atomic E-state index is 14.1. The van der Waals surface area contributed by atoms with E-state index in [0.717, 1.165) is 10.8 Å². The number of fused-ring (bicyclic) bond motifs is 5. The third kappa shape index (κ3) is 4.55. The van der Waals surface area contributed by atoms with Crippen LogP contribution in [0.15, 0.2) is 47.3 Å². The first kappa shape index (κ1) is 27.5. The van der Waals surface area contributed by atoms with E-state index in [1.807, 2.05) is 61.9 Å². The minimum Gasteiger partial charge on any atom is -0.496 e. The average Bonchev–Trinajstić information content (AvgIpc) is 2.91. The molecule has 0 fully saturated rings. The van der Waals surface area contributed by atoms with Gasteiger partial charge in [0.1, 0.15) is 17.1 Å². The molecule has 2 heterocycles. The van der Waals surface area contributed by atoms with Gasteiger partial charge in [0.2, 0.25) is 5.43 Å². The van der Waals surface area contributed by atoms with Crippen molar-refractivity contribution in [2.45, 2.75) is 71.2 Å². The Hall–Kier alpha value is -4.07. The Kier molecular flexibility index (Phi) is 7.21. The Labute approximate surface area is 232 Å². The predicted octanol–water partition coefficient (Wildman–Crippen LogP) is 6.12. The maximum atomic E-state index is 14.1. The minimum absolute atomic E-state index is 0.199. The minimum atomic E-state index is -1.04. The third-order valence-corrected chi connectivity index (χ3v) is 7.56. The lowest BCUT2D eigenvalue weighted by Gasteiger charge is -2.44. The number of methoxy groups -OCH3 is 1. The number of aromatic nitrogens is 1. The summed E-state index contributed by atoms with van der Waals surface area (Å²) >= 11 is 0. The maximum Gasteiger partial charge on any atom is 0.306 e. The van der Waals surface area contributed by atoms with E-state index < -0.39 is 29.7 Å². The van der Waals surface area contributed by atoms with Gasteiger partial charge in [0, 0.05) is 31.3 Å². The van der Waals surface area contributed by atoms with Gasteiger partial charge in [-0.25, -0.2) is 0 Å². The summed E-state index contributed by atoms with van der Waals surface area (Å²) in [5, 5.41) is 2.80. The van der Waals surface area contributed by atoms with Gasteiger partial charge in [0.25, 0.3) is 0 Å². The molecule has 0 spiro atoms. The highest BCUT2D eigenvalue weighted by Gasteiger charge is 2.50. The zero-order valence-corrected chi connectivity index (χ0v) is 23.8. The van der Waals surface area contributed by atoms with Crippen molar-refractivity contribution in [1.82, 2.24) is 4.57 Å². The molecule has 0 amide bonds. The van der Waals surface area contributed by atoms with Crippen molar-refractivity contribution in [2.75, 3.05) is 7.11 Å². The first-order valence-corrected chi connectivity index (χ1v) is 13.7. The molecule has 0 saturated heterocycles. The second-order valence-electron chi connectivity index (χ2n) is 10.8. The SMILES string of the molecule is CCCC(=O)O[C@@H]1c2c(cc(OC)c3c(=O)c4cc5ccccc5cc4n(C)c23)OC(C)(C)[C@@H]1OC(=O)CCC. The van der Waals surface area contributed by atoms with Gasteiger partial charge < -0.3 is 23.5 Å². The zero-order chi connectivity index (χ0) is 28.8. The van der Waals surface area contributed by atoms with Crippen LogP contribution in [0.1, 0.15) is 65.0 Å². The van der Waals surface area contributed by atoms with Crippen LogP contribution in [0.3, 0.4) is 0 Å². The zero-order valence-electron chi connectivity index (χ0n) is 23.8. The van der Waals surface area contributed by atoms with Gasteiger partial charge in [-0.3, -0.25) is 14.4 Å². The second-order valence-corrected chi connectivity index (χ2v) is 10.8. The standard InChI is InChI=1S/C32H35NO7/c1-7-11-24(34)38-30-27-23(40-32(3,4)31(30)39-25(35)12-8-2)17-22(37-6)26-28(27)33(5)21-16-19-14-10-9-13-18(19)15-20(21)29(26)36/h9-10,13-17,30-31H,7-8,11-12H2,1-6H3/t30-,31-/m1/s1. The van der Waals surface area contributed by atoms with E-state index in [4.69, 9.17) is 18.9 Å². The highest BCUT2D eigenvalue weighted by atomic mass is 16.6. The van der Waals surface area contributed by atoms with Crippen LogP contribution in [0.4, 0.5) is 0 Å². The van der Waals surface area contributed by atoms with E-state index in [-0.39, 0.29) is 18.3 Å². The largest absolute Gasteiger partial charge is 0.496 e. The van der Waals surface area contributed by atoms with Gasteiger partial charge in [-0.15, -0.1) is 0 Å². The fourth-order valence-electron chi connectivity index (χ4n) is 5.66. The van der Waals surface area contributed by atoms with Gasteiger partial charge in [-0.2, -0.15) is 0 Å². The first-order chi connectivity index (χ1) is 19.1.